The van der Waals surface area contributed by atoms with Crippen LogP contribution in [0.4, 0.5) is 0 Å². The van der Waals surface area contributed by atoms with Crippen LogP contribution in [0.1, 0.15) is 62.1 Å². The molecule has 0 fully saturated rings. The third-order valence-corrected chi connectivity index (χ3v) is 4.00. The summed E-state index contributed by atoms with van der Waals surface area (Å²) in [5.74, 6) is -12.4. The Labute approximate surface area is 164 Å². The van der Waals surface area contributed by atoms with Gasteiger partial charge in [0.2, 0.25) is 0 Å². The standard InChI is InChI=1S/C18H10O12/c19-13(20)6-4-2-1-3-5(6)7-8(14(21)22)10(16(25)26)12(18(29)30)11(17(27)28)9(7)15(23)24/h1-4H,(H,19,20)(H,21,22)(H,23,24)(H,25,26)(H,27,28)(H,29,30). The summed E-state index contributed by atoms with van der Waals surface area (Å²) in [6, 6.07) is 4.26. The summed E-state index contributed by atoms with van der Waals surface area (Å²) < 4.78 is 0. The Morgan fingerprint density at radius 2 is 0.800 bits per heavy atom. The molecule has 0 spiro atoms. The normalized spacial score (nSPS) is 10.3. The van der Waals surface area contributed by atoms with Gasteiger partial charge < -0.3 is 30.6 Å². The van der Waals surface area contributed by atoms with Crippen LogP contribution in [0.3, 0.4) is 0 Å². The highest BCUT2D eigenvalue weighted by Crippen LogP contribution is 2.38. The molecule has 30 heavy (non-hydrogen) atoms. The molecule has 0 aliphatic carbocycles. The number of hydrogen-bond donors (Lipinski definition) is 6. The van der Waals surface area contributed by atoms with E-state index in [9.17, 15) is 59.4 Å². The first-order chi connectivity index (χ1) is 13.9. The molecule has 0 unspecified atom stereocenters. The maximum atomic E-state index is 11.9. The SMILES string of the molecule is O=C(O)c1ccccc1-c1c(C(=O)O)c(C(=O)O)c(C(=O)O)c(C(=O)O)c1C(=O)O. The Balaban J connectivity index is 3.41. The molecule has 0 aromatic heterocycles. The molecule has 0 saturated carbocycles. The maximum absolute atomic E-state index is 11.9. The lowest BCUT2D eigenvalue weighted by molar-refractivity contribution is 0.0610. The third kappa shape index (κ3) is 3.40. The van der Waals surface area contributed by atoms with Gasteiger partial charge in [0.05, 0.1) is 33.4 Å². The average Bonchev–Trinajstić information content (AvgIpc) is 2.64. The average molecular weight is 418 g/mol. The molecular formula is C18H10O12. The van der Waals surface area contributed by atoms with Gasteiger partial charge in [0, 0.05) is 5.56 Å². The quantitative estimate of drug-likeness (QED) is 0.376. The molecular weight excluding hydrogens is 408 g/mol. The topological polar surface area (TPSA) is 224 Å². The molecule has 0 aliphatic heterocycles. The van der Waals surface area contributed by atoms with E-state index in [1.807, 2.05) is 0 Å². The van der Waals surface area contributed by atoms with Crippen LogP contribution in [0.2, 0.25) is 0 Å². The molecule has 12 nitrogen and oxygen atoms in total. The first kappa shape index (κ1) is 21.6. The van der Waals surface area contributed by atoms with Gasteiger partial charge in [-0.15, -0.1) is 0 Å². The number of hydrogen-bond acceptors (Lipinski definition) is 6. The summed E-state index contributed by atoms with van der Waals surface area (Å²) in [4.78, 5) is 70.4. The van der Waals surface area contributed by atoms with Gasteiger partial charge in [0.25, 0.3) is 0 Å². The zero-order valence-electron chi connectivity index (χ0n) is 14.4. The molecule has 0 atom stereocenters. The van der Waals surface area contributed by atoms with Crippen LogP contribution in [-0.4, -0.2) is 66.5 Å². The van der Waals surface area contributed by atoms with Gasteiger partial charge in [-0.25, -0.2) is 28.8 Å². The highest BCUT2D eigenvalue weighted by molar-refractivity contribution is 6.22. The van der Waals surface area contributed by atoms with Crippen LogP contribution in [0.15, 0.2) is 24.3 Å². The van der Waals surface area contributed by atoms with Crippen LogP contribution >= 0.6 is 0 Å². The second-order valence-electron chi connectivity index (χ2n) is 5.63. The fraction of sp³-hybridized carbons (Fsp3) is 0. The van der Waals surface area contributed by atoms with Crippen molar-refractivity contribution < 1.29 is 59.4 Å². The van der Waals surface area contributed by atoms with Gasteiger partial charge in [-0.2, -0.15) is 0 Å². The Morgan fingerprint density at radius 3 is 1.13 bits per heavy atom. The fourth-order valence-electron chi connectivity index (χ4n) is 2.98. The number of carbonyl (C=O) groups is 6. The minimum atomic E-state index is -2.20. The lowest BCUT2D eigenvalue weighted by Crippen LogP contribution is -2.25. The van der Waals surface area contributed by atoms with E-state index in [0.717, 1.165) is 12.1 Å². The summed E-state index contributed by atoms with van der Waals surface area (Å²) >= 11 is 0. The van der Waals surface area contributed by atoms with Crippen molar-refractivity contribution in [1.82, 2.24) is 0 Å². The monoisotopic (exact) mass is 418 g/mol. The highest BCUT2D eigenvalue weighted by Gasteiger charge is 2.39. The molecule has 12 heteroatoms. The fourth-order valence-corrected chi connectivity index (χ4v) is 2.98. The van der Waals surface area contributed by atoms with Crippen molar-refractivity contribution in [2.24, 2.45) is 0 Å². The van der Waals surface area contributed by atoms with Crippen LogP contribution in [0.25, 0.3) is 11.1 Å². The predicted molar refractivity (Wildman–Crippen MR) is 93.6 cm³/mol. The maximum Gasteiger partial charge on any atom is 0.337 e. The summed E-state index contributed by atoms with van der Waals surface area (Å²) in [5.41, 5.74) is -9.69. The predicted octanol–water partition coefficient (Wildman–Crippen LogP) is 1.54. The minimum absolute atomic E-state index is 0.623. The number of aromatic carboxylic acids is 6. The lowest BCUT2D eigenvalue weighted by atomic mass is 9.82. The molecule has 0 heterocycles. The van der Waals surface area contributed by atoms with Crippen molar-refractivity contribution in [2.45, 2.75) is 0 Å². The van der Waals surface area contributed by atoms with E-state index >= 15 is 0 Å². The molecule has 2 aromatic rings. The molecule has 0 aliphatic rings. The first-order valence-electron chi connectivity index (χ1n) is 7.64. The number of benzene rings is 2. The van der Waals surface area contributed by atoms with E-state index in [0.29, 0.717) is 0 Å². The van der Waals surface area contributed by atoms with Gasteiger partial charge in [0.1, 0.15) is 0 Å². The molecule has 0 bridgehead atoms. The van der Waals surface area contributed by atoms with E-state index in [1.54, 1.807) is 0 Å². The Kier molecular flexibility index (Phi) is 5.54. The minimum Gasteiger partial charge on any atom is -0.478 e. The lowest BCUT2D eigenvalue weighted by Gasteiger charge is -2.19. The van der Waals surface area contributed by atoms with Gasteiger partial charge in [-0.3, -0.25) is 0 Å². The summed E-state index contributed by atoms with van der Waals surface area (Å²) in [7, 11) is 0. The van der Waals surface area contributed by atoms with Crippen molar-refractivity contribution in [1.29, 1.82) is 0 Å². The summed E-state index contributed by atoms with van der Waals surface area (Å²) in [6.45, 7) is 0. The van der Waals surface area contributed by atoms with Crippen LogP contribution in [0.5, 0.6) is 0 Å². The molecule has 6 N–H and O–H groups in total. The Hall–Kier alpha value is -4.74. The van der Waals surface area contributed by atoms with Gasteiger partial charge in [0.15, 0.2) is 0 Å². The highest BCUT2D eigenvalue weighted by atomic mass is 16.4. The number of rotatable bonds is 7. The molecule has 2 rings (SSSR count). The van der Waals surface area contributed by atoms with Crippen LogP contribution in [-0.2, 0) is 0 Å². The number of carboxylic acids is 6. The van der Waals surface area contributed by atoms with E-state index in [1.165, 1.54) is 12.1 Å². The zero-order chi connectivity index (χ0) is 22.9. The zero-order valence-corrected chi connectivity index (χ0v) is 14.4. The smallest absolute Gasteiger partial charge is 0.337 e. The van der Waals surface area contributed by atoms with Crippen molar-refractivity contribution >= 4 is 35.8 Å². The molecule has 0 amide bonds. The third-order valence-electron chi connectivity index (χ3n) is 4.00. The Bertz CT molecular complexity index is 1100. The van der Waals surface area contributed by atoms with E-state index < -0.39 is 80.3 Å². The second kappa shape index (κ2) is 7.71. The van der Waals surface area contributed by atoms with Crippen LogP contribution in [0, 0.1) is 0 Å². The van der Waals surface area contributed by atoms with Crippen LogP contribution < -0.4 is 0 Å². The van der Waals surface area contributed by atoms with Crippen molar-refractivity contribution in [2.75, 3.05) is 0 Å². The van der Waals surface area contributed by atoms with Gasteiger partial charge >= 0.3 is 35.8 Å². The molecule has 0 saturated heterocycles. The largest absolute Gasteiger partial charge is 0.478 e. The van der Waals surface area contributed by atoms with Gasteiger partial charge in [-0.1, -0.05) is 18.2 Å². The van der Waals surface area contributed by atoms with E-state index in [4.69, 9.17) is 0 Å². The summed E-state index contributed by atoms with van der Waals surface area (Å²) in [5, 5.41) is 56.8. The van der Waals surface area contributed by atoms with Crippen molar-refractivity contribution in [3.05, 3.63) is 57.6 Å². The molecule has 2 aromatic carbocycles. The van der Waals surface area contributed by atoms with E-state index in [-0.39, 0.29) is 0 Å². The molecule has 0 radical (unpaired) electrons. The van der Waals surface area contributed by atoms with Crippen molar-refractivity contribution in [3.63, 3.8) is 0 Å². The van der Waals surface area contributed by atoms with Crippen molar-refractivity contribution in [3.8, 4) is 11.1 Å². The Morgan fingerprint density at radius 1 is 0.467 bits per heavy atom. The summed E-state index contributed by atoms with van der Waals surface area (Å²) in [6.07, 6.45) is 0. The second-order valence-corrected chi connectivity index (χ2v) is 5.63. The first-order valence-corrected chi connectivity index (χ1v) is 7.64. The number of carboxylic acid groups (broad SMARTS) is 6. The molecule has 154 valence electrons. The van der Waals surface area contributed by atoms with E-state index in [2.05, 4.69) is 0 Å². The van der Waals surface area contributed by atoms with Gasteiger partial charge in [-0.05, 0) is 11.6 Å².